The molecule has 1 atom stereocenters. The Bertz CT molecular complexity index is 539. The second kappa shape index (κ2) is 6.10. The van der Waals surface area contributed by atoms with Crippen molar-refractivity contribution in [3.8, 4) is 0 Å². The van der Waals surface area contributed by atoms with E-state index in [-0.39, 0.29) is 16.7 Å². The average molecular weight is 260 g/mol. The fraction of sp³-hybridized carbons (Fsp3) is 0.308. The molecule has 1 aromatic carbocycles. The maximum absolute atomic E-state index is 10.7. The third kappa shape index (κ3) is 3.89. The number of nitrogens with one attached hydrogen (secondary N) is 1. The molecule has 0 amide bonds. The van der Waals surface area contributed by atoms with Crippen molar-refractivity contribution in [1.29, 1.82) is 0 Å². The highest BCUT2D eigenvalue weighted by molar-refractivity contribution is 5.34. The predicted molar refractivity (Wildman–Crippen MR) is 71.6 cm³/mol. The molecule has 19 heavy (non-hydrogen) atoms. The van der Waals surface area contributed by atoms with Crippen molar-refractivity contribution in [1.82, 2.24) is 15.1 Å². The second-order valence-electron chi connectivity index (χ2n) is 4.44. The van der Waals surface area contributed by atoms with Crippen molar-refractivity contribution in [2.24, 2.45) is 0 Å². The number of nitro benzene ring substituents is 1. The molecular weight excluding hydrogens is 244 g/mol. The maximum atomic E-state index is 10.7. The molecule has 6 heteroatoms. The molecule has 0 aliphatic rings. The van der Waals surface area contributed by atoms with Gasteiger partial charge in [-0.15, -0.1) is 0 Å². The Hall–Kier alpha value is -2.21. The first kappa shape index (κ1) is 13.2. The molecular formula is C13H16N4O2. The largest absolute Gasteiger partial charge is 0.308 e. The molecule has 0 saturated carbocycles. The van der Waals surface area contributed by atoms with Gasteiger partial charge in [-0.2, -0.15) is 5.10 Å². The van der Waals surface area contributed by atoms with E-state index in [1.165, 1.54) is 6.07 Å². The van der Waals surface area contributed by atoms with E-state index in [2.05, 4.69) is 17.3 Å². The zero-order chi connectivity index (χ0) is 13.7. The van der Waals surface area contributed by atoms with Crippen LogP contribution >= 0.6 is 0 Å². The van der Waals surface area contributed by atoms with E-state index in [0.29, 0.717) is 6.54 Å². The van der Waals surface area contributed by atoms with Crippen molar-refractivity contribution < 1.29 is 4.92 Å². The van der Waals surface area contributed by atoms with Crippen LogP contribution in [0.3, 0.4) is 0 Å². The third-order valence-electron chi connectivity index (χ3n) is 2.80. The Morgan fingerprint density at radius 1 is 1.47 bits per heavy atom. The first-order valence-electron chi connectivity index (χ1n) is 6.09. The lowest BCUT2D eigenvalue weighted by molar-refractivity contribution is -0.384. The summed E-state index contributed by atoms with van der Waals surface area (Å²) in [4.78, 5) is 10.3. The summed E-state index contributed by atoms with van der Waals surface area (Å²) in [5.41, 5.74) is 1.03. The Balaban J connectivity index is 1.88. The van der Waals surface area contributed by atoms with Crippen molar-refractivity contribution >= 4 is 5.69 Å². The summed E-state index contributed by atoms with van der Waals surface area (Å²) < 4.78 is 1.85. The van der Waals surface area contributed by atoms with Crippen LogP contribution in [0.25, 0.3) is 0 Å². The number of benzene rings is 1. The molecule has 0 radical (unpaired) electrons. The summed E-state index contributed by atoms with van der Waals surface area (Å²) in [7, 11) is 0. The van der Waals surface area contributed by atoms with E-state index in [1.54, 1.807) is 18.3 Å². The fourth-order valence-electron chi connectivity index (χ4n) is 1.83. The Morgan fingerprint density at radius 2 is 2.32 bits per heavy atom. The lowest BCUT2D eigenvalue weighted by atomic mass is 10.2. The standard InChI is InChI=1S/C13H16N4O2/c1-11(10-16-7-3-6-15-16)14-9-12-4-2-5-13(8-12)17(18)19/h2-8,11,14H,9-10H2,1H3. The third-order valence-corrected chi connectivity index (χ3v) is 2.80. The monoisotopic (exact) mass is 260 g/mol. The van der Waals surface area contributed by atoms with Crippen molar-refractivity contribution in [2.45, 2.75) is 26.1 Å². The van der Waals surface area contributed by atoms with Crippen LogP contribution in [0.2, 0.25) is 0 Å². The number of nitro groups is 1. The number of non-ortho nitro benzene ring substituents is 1. The van der Waals surface area contributed by atoms with Gasteiger partial charge in [-0.1, -0.05) is 12.1 Å². The highest BCUT2D eigenvalue weighted by atomic mass is 16.6. The summed E-state index contributed by atoms with van der Waals surface area (Å²) in [6.45, 7) is 3.42. The molecule has 0 aliphatic carbocycles. The zero-order valence-corrected chi connectivity index (χ0v) is 10.7. The average Bonchev–Trinajstić information content (AvgIpc) is 2.89. The molecule has 0 spiro atoms. The van der Waals surface area contributed by atoms with Crippen LogP contribution in [-0.4, -0.2) is 20.7 Å². The molecule has 0 bridgehead atoms. The second-order valence-corrected chi connectivity index (χ2v) is 4.44. The Kier molecular flexibility index (Phi) is 4.25. The maximum Gasteiger partial charge on any atom is 0.269 e. The molecule has 2 rings (SSSR count). The van der Waals surface area contributed by atoms with Gasteiger partial charge >= 0.3 is 0 Å². The highest BCUT2D eigenvalue weighted by Crippen LogP contribution is 2.12. The van der Waals surface area contributed by atoms with Crippen LogP contribution < -0.4 is 5.32 Å². The summed E-state index contributed by atoms with van der Waals surface area (Å²) in [5.74, 6) is 0. The van der Waals surface area contributed by atoms with E-state index in [4.69, 9.17) is 0 Å². The van der Waals surface area contributed by atoms with Gasteiger partial charge in [0.15, 0.2) is 0 Å². The molecule has 0 aliphatic heterocycles. The Morgan fingerprint density at radius 3 is 3.00 bits per heavy atom. The summed E-state index contributed by atoms with van der Waals surface area (Å²) >= 11 is 0. The first-order valence-corrected chi connectivity index (χ1v) is 6.09. The van der Waals surface area contributed by atoms with Gasteiger partial charge in [-0.25, -0.2) is 0 Å². The number of aromatic nitrogens is 2. The predicted octanol–water partition coefficient (Wildman–Crippen LogP) is 1.97. The molecule has 1 heterocycles. The molecule has 100 valence electrons. The fourth-order valence-corrected chi connectivity index (χ4v) is 1.83. The SMILES string of the molecule is CC(Cn1cccn1)NCc1cccc([N+](=O)[O-])c1. The zero-order valence-electron chi connectivity index (χ0n) is 10.7. The molecule has 1 aromatic heterocycles. The first-order chi connectivity index (χ1) is 9.15. The summed E-state index contributed by atoms with van der Waals surface area (Å²) in [6.07, 6.45) is 3.65. The number of nitrogens with zero attached hydrogens (tertiary/aromatic N) is 3. The van der Waals surface area contributed by atoms with E-state index in [9.17, 15) is 10.1 Å². The van der Waals surface area contributed by atoms with Crippen molar-refractivity contribution in [3.63, 3.8) is 0 Å². The molecule has 0 fully saturated rings. The quantitative estimate of drug-likeness (QED) is 0.636. The molecule has 0 saturated heterocycles. The van der Waals surface area contributed by atoms with Crippen LogP contribution in [0.15, 0.2) is 42.7 Å². The lowest BCUT2D eigenvalue weighted by Crippen LogP contribution is -2.30. The molecule has 1 N–H and O–H groups in total. The summed E-state index contributed by atoms with van der Waals surface area (Å²) in [5, 5.41) is 18.1. The van der Waals surface area contributed by atoms with Crippen LogP contribution in [0.4, 0.5) is 5.69 Å². The molecule has 6 nitrogen and oxygen atoms in total. The van der Waals surface area contributed by atoms with E-state index >= 15 is 0 Å². The number of hydrogen-bond donors (Lipinski definition) is 1. The topological polar surface area (TPSA) is 73.0 Å². The minimum atomic E-state index is -0.378. The van der Waals surface area contributed by atoms with E-state index in [0.717, 1.165) is 12.1 Å². The van der Waals surface area contributed by atoms with Gasteiger partial charge in [0, 0.05) is 37.1 Å². The number of rotatable bonds is 6. The normalized spacial score (nSPS) is 12.3. The van der Waals surface area contributed by atoms with Gasteiger partial charge in [0.05, 0.1) is 11.5 Å². The van der Waals surface area contributed by atoms with Crippen LogP contribution in [0.5, 0.6) is 0 Å². The van der Waals surface area contributed by atoms with Crippen molar-refractivity contribution in [2.75, 3.05) is 0 Å². The smallest absolute Gasteiger partial charge is 0.269 e. The Labute approximate surface area is 111 Å². The van der Waals surface area contributed by atoms with E-state index < -0.39 is 0 Å². The molecule has 2 aromatic rings. The van der Waals surface area contributed by atoms with Gasteiger partial charge in [0.2, 0.25) is 0 Å². The lowest BCUT2D eigenvalue weighted by Gasteiger charge is -2.13. The van der Waals surface area contributed by atoms with Crippen LogP contribution in [0.1, 0.15) is 12.5 Å². The van der Waals surface area contributed by atoms with Crippen molar-refractivity contribution in [3.05, 3.63) is 58.4 Å². The van der Waals surface area contributed by atoms with Gasteiger partial charge < -0.3 is 5.32 Å². The summed E-state index contributed by atoms with van der Waals surface area (Å²) in [6, 6.07) is 8.78. The van der Waals surface area contributed by atoms with Crippen LogP contribution in [0, 0.1) is 10.1 Å². The number of hydrogen-bond acceptors (Lipinski definition) is 4. The highest BCUT2D eigenvalue weighted by Gasteiger charge is 2.07. The minimum Gasteiger partial charge on any atom is -0.308 e. The van der Waals surface area contributed by atoms with Gasteiger partial charge in [0.25, 0.3) is 5.69 Å². The minimum absolute atomic E-state index is 0.124. The van der Waals surface area contributed by atoms with Crippen LogP contribution in [-0.2, 0) is 13.1 Å². The van der Waals surface area contributed by atoms with Gasteiger partial charge in [-0.05, 0) is 18.6 Å². The van der Waals surface area contributed by atoms with E-state index in [1.807, 2.05) is 23.0 Å². The molecule has 1 unspecified atom stereocenters. The van der Waals surface area contributed by atoms with Gasteiger partial charge in [-0.3, -0.25) is 14.8 Å². The van der Waals surface area contributed by atoms with Gasteiger partial charge in [0.1, 0.15) is 0 Å².